The Morgan fingerprint density at radius 2 is 1.52 bits per heavy atom. The number of carboxylic acids is 1. The fraction of sp³-hybridized carbons (Fsp3) is 0.381. The van der Waals surface area contributed by atoms with Gasteiger partial charge in [-0.05, 0) is 65.6 Å². The third-order valence-corrected chi connectivity index (χ3v) is 6.23. The van der Waals surface area contributed by atoms with E-state index in [9.17, 15) is 18.3 Å². The van der Waals surface area contributed by atoms with Gasteiger partial charge in [-0.2, -0.15) is 0 Å². The number of hydrogen-bond acceptors (Lipinski definition) is 4. The first-order chi connectivity index (χ1) is 12.5. The summed E-state index contributed by atoms with van der Waals surface area (Å²) < 4.78 is 29.1. The maximum atomic E-state index is 13.2. The molecule has 2 rings (SSSR count). The van der Waals surface area contributed by atoms with Crippen molar-refractivity contribution < 1.29 is 18.3 Å². The number of anilines is 1. The fourth-order valence-electron chi connectivity index (χ4n) is 3.08. The molecule has 0 fully saturated rings. The molecule has 0 aromatic heterocycles. The zero-order valence-corrected chi connectivity index (χ0v) is 17.4. The number of aryl methyl sites for hydroxylation is 1. The molecule has 0 spiro atoms. The van der Waals surface area contributed by atoms with E-state index < -0.39 is 16.0 Å². The van der Waals surface area contributed by atoms with Crippen LogP contribution in [0.3, 0.4) is 0 Å². The summed E-state index contributed by atoms with van der Waals surface area (Å²) in [6.07, 6.45) is 0. The molecule has 0 radical (unpaired) electrons. The predicted molar refractivity (Wildman–Crippen MR) is 106 cm³/mol. The molecule has 146 valence electrons. The second kappa shape index (κ2) is 7.72. The minimum Gasteiger partial charge on any atom is -0.545 e. The number of para-hydroxylation sites is 1. The van der Waals surface area contributed by atoms with E-state index >= 15 is 0 Å². The number of hydrogen-bond donors (Lipinski definition) is 1. The minimum atomic E-state index is -3.98. The number of carbonyl (C=O) groups excluding carboxylic acids is 1. The van der Waals surface area contributed by atoms with Crippen molar-refractivity contribution in [2.75, 3.05) is 4.72 Å². The SMILES string of the molecule is Cc1cc(C(=O)[O-])cc(S(=O)(=O)Nc2c(C(C)C)cccc2C(C)C)c1C. The highest BCUT2D eigenvalue weighted by Crippen LogP contribution is 2.34. The van der Waals surface area contributed by atoms with Gasteiger partial charge >= 0.3 is 0 Å². The van der Waals surface area contributed by atoms with Gasteiger partial charge in [-0.1, -0.05) is 45.9 Å². The predicted octanol–water partition coefficient (Wildman–Crippen LogP) is 3.71. The van der Waals surface area contributed by atoms with Crippen molar-refractivity contribution in [3.05, 3.63) is 58.1 Å². The Hall–Kier alpha value is -2.34. The van der Waals surface area contributed by atoms with Crippen LogP contribution >= 0.6 is 0 Å². The summed E-state index contributed by atoms with van der Waals surface area (Å²) in [5.74, 6) is -1.16. The van der Waals surface area contributed by atoms with E-state index in [2.05, 4.69) is 4.72 Å². The Morgan fingerprint density at radius 3 is 1.96 bits per heavy atom. The van der Waals surface area contributed by atoms with Gasteiger partial charge in [-0.3, -0.25) is 4.72 Å². The standard InChI is InChI=1S/C21H27NO4S/c1-12(2)17-8-7-9-18(13(3)4)20(17)22-27(25,26)19-11-16(21(23)24)10-14(5)15(19)6/h7-13,22H,1-6H3,(H,23,24)/p-1. The molecule has 0 bridgehead atoms. The van der Waals surface area contributed by atoms with Crippen LogP contribution in [0, 0.1) is 13.8 Å². The molecule has 1 N–H and O–H groups in total. The Balaban J connectivity index is 2.67. The Bertz CT molecular complexity index is 950. The lowest BCUT2D eigenvalue weighted by molar-refractivity contribution is -0.255. The van der Waals surface area contributed by atoms with Gasteiger partial charge in [0.1, 0.15) is 0 Å². The summed E-state index contributed by atoms with van der Waals surface area (Å²) in [7, 11) is -3.98. The average molecular weight is 389 g/mol. The largest absolute Gasteiger partial charge is 0.545 e. The quantitative estimate of drug-likeness (QED) is 0.817. The van der Waals surface area contributed by atoms with Gasteiger partial charge in [-0.15, -0.1) is 0 Å². The summed E-state index contributed by atoms with van der Waals surface area (Å²) in [4.78, 5) is 11.2. The van der Waals surface area contributed by atoms with Crippen LogP contribution in [0.4, 0.5) is 5.69 Å². The molecule has 0 aliphatic heterocycles. The van der Waals surface area contributed by atoms with Crippen molar-refractivity contribution in [2.24, 2.45) is 0 Å². The maximum absolute atomic E-state index is 13.2. The molecule has 0 amide bonds. The second-order valence-electron chi connectivity index (χ2n) is 7.43. The van der Waals surface area contributed by atoms with Crippen LogP contribution in [0.15, 0.2) is 35.2 Å². The van der Waals surface area contributed by atoms with Crippen molar-refractivity contribution in [1.29, 1.82) is 0 Å². The number of nitrogens with one attached hydrogen (secondary N) is 1. The minimum absolute atomic E-state index is 0.0463. The van der Waals surface area contributed by atoms with Crippen LogP contribution in [-0.4, -0.2) is 14.4 Å². The molecule has 0 atom stereocenters. The third-order valence-electron chi connectivity index (χ3n) is 4.75. The number of benzene rings is 2. The van der Waals surface area contributed by atoms with E-state index in [-0.39, 0.29) is 22.3 Å². The average Bonchev–Trinajstić information content (AvgIpc) is 2.56. The van der Waals surface area contributed by atoms with Crippen molar-refractivity contribution in [3.63, 3.8) is 0 Å². The number of sulfonamides is 1. The molecule has 2 aromatic rings. The zero-order chi connectivity index (χ0) is 20.5. The Kier molecular flexibility index (Phi) is 6.00. The number of carbonyl (C=O) groups is 1. The molecule has 0 saturated heterocycles. The van der Waals surface area contributed by atoms with Crippen molar-refractivity contribution >= 4 is 21.7 Å². The van der Waals surface area contributed by atoms with Crippen molar-refractivity contribution in [3.8, 4) is 0 Å². The van der Waals surface area contributed by atoms with Gasteiger partial charge in [-0.25, -0.2) is 8.42 Å². The van der Waals surface area contributed by atoms with Crippen LogP contribution in [0.2, 0.25) is 0 Å². The van der Waals surface area contributed by atoms with Crippen molar-refractivity contribution in [1.82, 2.24) is 0 Å². The topological polar surface area (TPSA) is 86.3 Å². The molecule has 0 heterocycles. The molecule has 6 heteroatoms. The van der Waals surface area contributed by atoms with Gasteiger partial charge in [0.25, 0.3) is 10.0 Å². The molecule has 0 saturated carbocycles. The molecule has 27 heavy (non-hydrogen) atoms. The number of aromatic carboxylic acids is 1. The summed E-state index contributed by atoms with van der Waals surface area (Å²) in [6.45, 7) is 11.4. The zero-order valence-electron chi connectivity index (χ0n) is 16.6. The molecular formula is C21H26NO4S-. The van der Waals surface area contributed by atoms with Gasteiger partial charge in [0.05, 0.1) is 16.6 Å². The molecule has 5 nitrogen and oxygen atoms in total. The normalized spacial score (nSPS) is 11.9. The summed E-state index contributed by atoms with van der Waals surface area (Å²) in [5, 5.41) is 11.3. The lowest BCUT2D eigenvalue weighted by Gasteiger charge is -2.22. The van der Waals surface area contributed by atoms with E-state index in [4.69, 9.17) is 0 Å². The summed E-state index contributed by atoms with van der Waals surface area (Å²) >= 11 is 0. The van der Waals surface area contributed by atoms with Gasteiger partial charge in [0.2, 0.25) is 0 Å². The van der Waals surface area contributed by atoms with Gasteiger partial charge in [0, 0.05) is 0 Å². The van der Waals surface area contributed by atoms with E-state index in [0.29, 0.717) is 16.8 Å². The monoisotopic (exact) mass is 388 g/mol. The first kappa shape index (κ1) is 21.0. The van der Waals surface area contributed by atoms with Gasteiger partial charge < -0.3 is 9.90 Å². The molecule has 2 aromatic carbocycles. The number of carboxylic acid groups (broad SMARTS) is 1. The van der Waals surface area contributed by atoms with E-state index in [0.717, 1.165) is 17.2 Å². The smallest absolute Gasteiger partial charge is 0.262 e. The highest BCUT2D eigenvalue weighted by molar-refractivity contribution is 7.92. The van der Waals surface area contributed by atoms with E-state index in [1.807, 2.05) is 45.9 Å². The molecule has 0 unspecified atom stereocenters. The highest BCUT2D eigenvalue weighted by Gasteiger charge is 2.23. The highest BCUT2D eigenvalue weighted by atomic mass is 32.2. The molecule has 0 aliphatic carbocycles. The molecular weight excluding hydrogens is 362 g/mol. The Labute approximate surface area is 161 Å². The Morgan fingerprint density at radius 1 is 1.00 bits per heavy atom. The third kappa shape index (κ3) is 4.33. The second-order valence-corrected chi connectivity index (χ2v) is 9.08. The fourth-order valence-corrected chi connectivity index (χ4v) is 4.54. The van der Waals surface area contributed by atoms with Gasteiger partial charge in [0.15, 0.2) is 0 Å². The summed E-state index contributed by atoms with van der Waals surface area (Å²) in [5.41, 5.74) is 3.31. The molecule has 0 aliphatic rings. The first-order valence-corrected chi connectivity index (χ1v) is 10.4. The number of rotatable bonds is 6. The van der Waals surface area contributed by atoms with E-state index in [1.54, 1.807) is 13.8 Å². The first-order valence-electron chi connectivity index (χ1n) is 8.94. The lowest BCUT2D eigenvalue weighted by atomic mass is 9.93. The van der Waals surface area contributed by atoms with Crippen LogP contribution in [0.5, 0.6) is 0 Å². The van der Waals surface area contributed by atoms with Crippen LogP contribution in [-0.2, 0) is 10.0 Å². The van der Waals surface area contributed by atoms with Crippen LogP contribution < -0.4 is 9.83 Å². The van der Waals surface area contributed by atoms with Crippen LogP contribution in [0.1, 0.15) is 72.1 Å². The lowest BCUT2D eigenvalue weighted by Crippen LogP contribution is -2.24. The summed E-state index contributed by atoms with van der Waals surface area (Å²) in [6, 6.07) is 8.32. The van der Waals surface area contributed by atoms with Crippen molar-refractivity contribution in [2.45, 2.75) is 58.3 Å². The van der Waals surface area contributed by atoms with E-state index in [1.165, 1.54) is 6.07 Å². The van der Waals surface area contributed by atoms with Crippen LogP contribution in [0.25, 0.3) is 0 Å². The maximum Gasteiger partial charge on any atom is 0.262 e.